The third kappa shape index (κ3) is 2.99. The third-order valence-corrected chi connectivity index (χ3v) is 2.35. The first-order valence-electron chi connectivity index (χ1n) is 5.22. The van der Waals surface area contributed by atoms with Crippen molar-refractivity contribution in [2.24, 2.45) is 5.73 Å². The number of nitrogens with zero attached hydrogens (tertiary/aromatic N) is 1. The Kier molecular flexibility index (Phi) is 3.64. The molecule has 0 bridgehead atoms. The fraction of sp³-hybridized carbons (Fsp3) is 0.167. The van der Waals surface area contributed by atoms with Gasteiger partial charge in [0.05, 0.1) is 0 Å². The Bertz CT molecular complexity index is 523. The normalized spacial score (nSPS) is 10.6. The maximum atomic E-state index is 10.5. The lowest BCUT2D eigenvalue weighted by Gasteiger charge is -2.07. The fourth-order valence-corrected chi connectivity index (χ4v) is 1.59. The maximum absolute atomic E-state index is 10.5. The summed E-state index contributed by atoms with van der Waals surface area (Å²) in [6.45, 7) is 0.376. The van der Waals surface area contributed by atoms with E-state index in [1.165, 1.54) is 0 Å². The van der Waals surface area contributed by atoms with Crippen LogP contribution in [-0.4, -0.2) is 17.5 Å². The summed E-state index contributed by atoms with van der Waals surface area (Å²) in [5.41, 5.74) is 8.73. The first-order chi connectivity index (χ1) is 8.27. The van der Waals surface area contributed by atoms with Crippen molar-refractivity contribution in [3.8, 4) is 0 Å². The van der Waals surface area contributed by atoms with Crippen molar-refractivity contribution < 1.29 is 9.63 Å². The molecular weight excluding hydrogens is 218 g/mol. The van der Waals surface area contributed by atoms with Crippen LogP contribution in [0, 0.1) is 0 Å². The first-order valence-corrected chi connectivity index (χ1v) is 5.22. The van der Waals surface area contributed by atoms with Crippen molar-refractivity contribution in [2.45, 2.75) is 6.54 Å². The van der Waals surface area contributed by atoms with Gasteiger partial charge in [0.15, 0.2) is 0 Å². The minimum absolute atomic E-state index is 0.133. The Hall–Kier alpha value is -1.98. The SMILES string of the molecule is NC(=O)CONCc1cccc2cnccc12. The molecule has 88 valence electrons. The first kappa shape index (κ1) is 11.5. The van der Waals surface area contributed by atoms with Gasteiger partial charge in [-0.15, -0.1) is 0 Å². The number of hydrogen-bond donors (Lipinski definition) is 2. The second-order valence-corrected chi connectivity index (χ2v) is 3.59. The van der Waals surface area contributed by atoms with E-state index in [9.17, 15) is 4.79 Å². The Morgan fingerprint density at radius 3 is 3.12 bits per heavy atom. The van der Waals surface area contributed by atoms with Crippen molar-refractivity contribution >= 4 is 16.7 Å². The quantitative estimate of drug-likeness (QED) is 0.587. The summed E-state index contributed by atoms with van der Waals surface area (Å²) < 4.78 is 0. The van der Waals surface area contributed by atoms with Crippen molar-refractivity contribution in [1.29, 1.82) is 0 Å². The minimum atomic E-state index is -0.500. The van der Waals surface area contributed by atoms with E-state index in [0.29, 0.717) is 6.54 Å². The Morgan fingerprint density at radius 2 is 2.29 bits per heavy atom. The molecule has 1 heterocycles. The number of pyridine rings is 1. The zero-order chi connectivity index (χ0) is 12.1. The lowest BCUT2D eigenvalue weighted by molar-refractivity contribution is -0.125. The van der Waals surface area contributed by atoms with E-state index in [1.54, 1.807) is 6.20 Å². The minimum Gasteiger partial charge on any atom is -0.368 e. The molecule has 2 rings (SSSR count). The summed E-state index contributed by atoms with van der Waals surface area (Å²) in [5.74, 6) is -0.500. The van der Waals surface area contributed by atoms with E-state index in [0.717, 1.165) is 16.3 Å². The van der Waals surface area contributed by atoms with E-state index in [4.69, 9.17) is 10.6 Å². The molecule has 0 aliphatic carbocycles. The number of primary amides is 1. The van der Waals surface area contributed by atoms with Gasteiger partial charge in [-0.3, -0.25) is 14.6 Å². The van der Waals surface area contributed by atoms with Gasteiger partial charge in [-0.05, 0) is 17.0 Å². The van der Waals surface area contributed by atoms with E-state index in [-0.39, 0.29) is 6.61 Å². The fourth-order valence-electron chi connectivity index (χ4n) is 1.59. The number of benzene rings is 1. The van der Waals surface area contributed by atoms with Crippen LogP contribution in [0.3, 0.4) is 0 Å². The van der Waals surface area contributed by atoms with E-state index < -0.39 is 5.91 Å². The number of rotatable bonds is 5. The predicted molar refractivity (Wildman–Crippen MR) is 63.7 cm³/mol. The standard InChI is InChI=1S/C12H13N3O2/c13-12(16)8-17-15-7-10-3-1-2-9-6-14-5-4-11(9)10/h1-6,15H,7-8H2,(H2,13,16). The molecule has 2 aromatic rings. The molecule has 0 spiro atoms. The molecule has 0 aliphatic heterocycles. The summed E-state index contributed by atoms with van der Waals surface area (Å²) in [6, 6.07) is 7.88. The van der Waals surface area contributed by atoms with Gasteiger partial charge in [0, 0.05) is 24.3 Å². The molecule has 1 aromatic heterocycles. The molecule has 1 amide bonds. The van der Waals surface area contributed by atoms with Crippen LogP contribution in [0.1, 0.15) is 5.56 Å². The molecule has 0 aliphatic rings. The summed E-state index contributed by atoms with van der Waals surface area (Å²) in [5, 5.41) is 2.18. The molecule has 0 radical (unpaired) electrons. The van der Waals surface area contributed by atoms with Gasteiger partial charge in [0.25, 0.3) is 0 Å². The van der Waals surface area contributed by atoms with Gasteiger partial charge in [0.2, 0.25) is 5.91 Å². The largest absolute Gasteiger partial charge is 0.368 e. The van der Waals surface area contributed by atoms with E-state index >= 15 is 0 Å². The molecule has 5 nitrogen and oxygen atoms in total. The highest BCUT2D eigenvalue weighted by atomic mass is 16.6. The summed E-state index contributed by atoms with van der Waals surface area (Å²) in [4.78, 5) is 19.4. The Balaban J connectivity index is 2.05. The van der Waals surface area contributed by atoms with Crippen LogP contribution in [0.15, 0.2) is 36.7 Å². The second kappa shape index (κ2) is 5.38. The predicted octanol–water partition coefficient (Wildman–Crippen LogP) is 0.741. The maximum Gasteiger partial charge on any atom is 0.245 e. The van der Waals surface area contributed by atoms with Crippen LogP contribution in [0.2, 0.25) is 0 Å². The van der Waals surface area contributed by atoms with Crippen LogP contribution < -0.4 is 11.2 Å². The highest BCUT2D eigenvalue weighted by molar-refractivity contribution is 5.84. The molecule has 17 heavy (non-hydrogen) atoms. The molecule has 0 unspecified atom stereocenters. The van der Waals surface area contributed by atoms with Gasteiger partial charge in [-0.25, -0.2) is 0 Å². The van der Waals surface area contributed by atoms with Crippen LogP contribution in [0.5, 0.6) is 0 Å². The van der Waals surface area contributed by atoms with Crippen molar-refractivity contribution in [2.75, 3.05) is 6.61 Å². The highest BCUT2D eigenvalue weighted by Gasteiger charge is 2.00. The molecule has 0 saturated carbocycles. The molecule has 1 aromatic carbocycles. The van der Waals surface area contributed by atoms with Gasteiger partial charge < -0.3 is 5.73 Å². The highest BCUT2D eigenvalue weighted by Crippen LogP contribution is 2.16. The van der Waals surface area contributed by atoms with E-state index in [1.807, 2.05) is 30.5 Å². The van der Waals surface area contributed by atoms with Gasteiger partial charge in [0.1, 0.15) is 6.61 Å². The van der Waals surface area contributed by atoms with Gasteiger partial charge >= 0.3 is 0 Å². The number of hydrogen-bond acceptors (Lipinski definition) is 4. The van der Waals surface area contributed by atoms with Crippen molar-refractivity contribution in [3.05, 3.63) is 42.2 Å². The number of nitrogens with one attached hydrogen (secondary N) is 1. The average Bonchev–Trinajstić information content (AvgIpc) is 2.34. The monoisotopic (exact) mass is 231 g/mol. The average molecular weight is 231 g/mol. The molecule has 3 N–H and O–H groups in total. The molecule has 0 fully saturated rings. The van der Waals surface area contributed by atoms with Gasteiger partial charge in [-0.1, -0.05) is 18.2 Å². The smallest absolute Gasteiger partial charge is 0.245 e. The van der Waals surface area contributed by atoms with Crippen LogP contribution in [0.4, 0.5) is 0 Å². The zero-order valence-electron chi connectivity index (χ0n) is 9.22. The zero-order valence-corrected chi connectivity index (χ0v) is 9.22. The number of carbonyl (C=O) groups excluding carboxylic acids is 1. The Morgan fingerprint density at radius 1 is 1.41 bits per heavy atom. The molecule has 0 atom stereocenters. The third-order valence-electron chi connectivity index (χ3n) is 2.35. The summed E-state index contributed by atoms with van der Waals surface area (Å²) in [7, 11) is 0. The second-order valence-electron chi connectivity index (χ2n) is 3.59. The van der Waals surface area contributed by atoms with Crippen molar-refractivity contribution in [1.82, 2.24) is 10.5 Å². The molecule has 5 heteroatoms. The topological polar surface area (TPSA) is 77.2 Å². The number of aromatic nitrogens is 1. The van der Waals surface area contributed by atoms with Crippen molar-refractivity contribution in [3.63, 3.8) is 0 Å². The van der Waals surface area contributed by atoms with Crippen LogP contribution in [-0.2, 0) is 16.2 Å². The number of carbonyl (C=O) groups is 1. The molecule has 0 saturated heterocycles. The Labute approximate surface area is 98.5 Å². The number of hydroxylamine groups is 1. The lowest BCUT2D eigenvalue weighted by atomic mass is 10.1. The summed E-state index contributed by atoms with van der Waals surface area (Å²) in [6.07, 6.45) is 3.55. The van der Waals surface area contributed by atoms with E-state index in [2.05, 4.69) is 10.5 Å². The number of fused-ring (bicyclic) bond motifs is 1. The number of amides is 1. The molecular formula is C12H13N3O2. The number of nitrogens with two attached hydrogens (primary N) is 1. The van der Waals surface area contributed by atoms with Crippen LogP contribution >= 0.6 is 0 Å². The summed E-state index contributed by atoms with van der Waals surface area (Å²) >= 11 is 0. The lowest BCUT2D eigenvalue weighted by Crippen LogP contribution is -2.24. The van der Waals surface area contributed by atoms with Crippen LogP contribution in [0.25, 0.3) is 10.8 Å². The van der Waals surface area contributed by atoms with Gasteiger partial charge in [-0.2, -0.15) is 5.48 Å².